The van der Waals surface area contributed by atoms with Gasteiger partial charge in [-0.3, -0.25) is 4.79 Å². The Morgan fingerprint density at radius 1 is 0.926 bits per heavy atom. The number of carbonyl (C=O) groups is 1. The van der Waals surface area contributed by atoms with Crippen LogP contribution in [0.3, 0.4) is 0 Å². The molecule has 0 unspecified atom stereocenters. The van der Waals surface area contributed by atoms with Crippen LogP contribution in [0, 0.1) is 0 Å². The van der Waals surface area contributed by atoms with E-state index < -0.39 is 0 Å². The van der Waals surface area contributed by atoms with E-state index in [-0.39, 0.29) is 5.91 Å². The monoisotopic (exact) mass is 363 g/mol. The van der Waals surface area contributed by atoms with Gasteiger partial charge >= 0.3 is 0 Å². The van der Waals surface area contributed by atoms with E-state index in [9.17, 15) is 4.79 Å². The predicted molar refractivity (Wildman–Crippen MR) is 105 cm³/mol. The third-order valence-corrected chi connectivity index (χ3v) is 4.36. The van der Waals surface area contributed by atoms with E-state index in [1.165, 1.54) is 0 Å². The molecule has 0 atom stereocenters. The lowest BCUT2D eigenvalue weighted by Gasteiger charge is -2.22. The fraction of sp³-hybridized carbons (Fsp3) is 0.261. The largest absolute Gasteiger partial charge is 0.494 e. The maximum atomic E-state index is 12.9. The number of aryl methyl sites for hydroxylation is 1. The van der Waals surface area contributed by atoms with E-state index in [1.807, 2.05) is 78.6 Å². The second-order valence-electron chi connectivity index (χ2n) is 6.39. The molecule has 0 N–H and O–H groups in total. The average molecular weight is 363 g/mol. The predicted octanol–water partition coefficient (Wildman–Crippen LogP) is 4.84. The van der Waals surface area contributed by atoms with Crippen LogP contribution in [0.15, 0.2) is 77.4 Å². The number of hydrogen-bond donors (Lipinski definition) is 0. The Bertz CT molecular complexity index is 811. The lowest BCUT2D eigenvalue weighted by molar-refractivity contribution is -0.132. The number of benzene rings is 2. The Balaban J connectivity index is 1.62. The van der Waals surface area contributed by atoms with E-state index in [4.69, 9.17) is 9.15 Å². The zero-order valence-electron chi connectivity index (χ0n) is 15.6. The van der Waals surface area contributed by atoms with Crippen LogP contribution < -0.4 is 4.74 Å². The highest BCUT2D eigenvalue weighted by molar-refractivity contribution is 5.76. The smallest absolute Gasteiger partial charge is 0.223 e. The molecule has 0 aliphatic heterocycles. The first kappa shape index (κ1) is 18.8. The van der Waals surface area contributed by atoms with Crippen molar-refractivity contribution in [3.05, 3.63) is 89.9 Å². The van der Waals surface area contributed by atoms with E-state index in [0.29, 0.717) is 32.5 Å². The first-order valence-electron chi connectivity index (χ1n) is 9.30. The topological polar surface area (TPSA) is 42.7 Å². The van der Waals surface area contributed by atoms with Crippen molar-refractivity contribution in [2.45, 2.75) is 32.9 Å². The van der Waals surface area contributed by atoms with Gasteiger partial charge in [-0.2, -0.15) is 0 Å². The first-order valence-corrected chi connectivity index (χ1v) is 9.30. The summed E-state index contributed by atoms with van der Waals surface area (Å²) in [6, 6.07) is 21.7. The van der Waals surface area contributed by atoms with Crippen LogP contribution in [0.25, 0.3) is 0 Å². The number of hydrogen-bond acceptors (Lipinski definition) is 3. The van der Waals surface area contributed by atoms with Gasteiger partial charge < -0.3 is 14.1 Å². The molecular weight excluding hydrogens is 338 g/mol. The van der Waals surface area contributed by atoms with Gasteiger partial charge in [-0.05, 0) is 48.7 Å². The molecular formula is C23H25NO3. The van der Waals surface area contributed by atoms with Gasteiger partial charge in [-0.25, -0.2) is 0 Å². The van der Waals surface area contributed by atoms with Gasteiger partial charge in [0.25, 0.3) is 0 Å². The van der Waals surface area contributed by atoms with Crippen LogP contribution in [0.5, 0.6) is 5.75 Å². The zero-order valence-corrected chi connectivity index (χ0v) is 15.6. The van der Waals surface area contributed by atoms with Crippen molar-refractivity contribution in [1.29, 1.82) is 0 Å². The maximum Gasteiger partial charge on any atom is 0.223 e. The summed E-state index contributed by atoms with van der Waals surface area (Å²) in [7, 11) is 0. The van der Waals surface area contributed by atoms with Gasteiger partial charge in [0.1, 0.15) is 11.5 Å². The molecule has 0 saturated carbocycles. The van der Waals surface area contributed by atoms with Crippen LogP contribution in [-0.2, 0) is 24.3 Å². The van der Waals surface area contributed by atoms with Crippen molar-refractivity contribution < 1.29 is 13.9 Å². The zero-order chi connectivity index (χ0) is 18.9. The summed E-state index contributed by atoms with van der Waals surface area (Å²) in [5.74, 6) is 1.76. The normalized spacial score (nSPS) is 10.6. The lowest BCUT2D eigenvalue weighted by atomic mass is 10.1. The molecule has 1 aromatic heterocycles. The second-order valence-corrected chi connectivity index (χ2v) is 6.39. The number of carbonyl (C=O) groups excluding carboxylic acids is 1. The van der Waals surface area contributed by atoms with E-state index in [1.54, 1.807) is 6.26 Å². The van der Waals surface area contributed by atoms with Crippen molar-refractivity contribution in [2.24, 2.45) is 0 Å². The summed E-state index contributed by atoms with van der Waals surface area (Å²) in [6.07, 6.45) is 2.80. The van der Waals surface area contributed by atoms with Crippen molar-refractivity contribution >= 4 is 5.91 Å². The highest BCUT2D eigenvalue weighted by Gasteiger charge is 2.16. The quantitative estimate of drug-likeness (QED) is 0.546. The summed E-state index contributed by atoms with van der Waals surface area (Å²) in [5, 5.41) is 0. The fourth-order valence-electron chi connectivity index (χ4n) is 2.96. The summed E-state index contributed by atoms with van der Waals surface area (Å²) >= 11 is 0. The van der Waals surface area contributed by atoms with Gasteiger partial charge in [-0.1, -0.05) is 42.5 Å². The molecule has 0 spiro atoms. The molecule has 0 radical (unpaired) electrons. The second kappa shape index (κ2) is 9.62. The molecule has 27 heavy (non-hydrogen) atoms. The molecule has 0 aliphatic carbocycles. The molecule has 1 heterocycles. The standard InChI is InChI=1S/C23H25NO3/c1-2-26-21-13-10-19(11-14-21)12-15-23(25)24(18-22-9-6-16-27-22)17-20-7-4-3-5-8-20/h3-11,13-14,16H,2,12,15,17-18H2,1H3. The van der Waals surface area contributed by atoms with Crippen molar-refractivity contribution in [2.75, 3.05) is 6.61 Å². The molecule has 4 heteroatoms. The lowest BCUT2D eigenvalue weighted by Crippen LogP contribution is -2.30. The summed E-state index contributed by atoms with van der Waals surface area (Å²) < 4.78 is 10.9. The number of rotatable bonds is 9. The molecule has 140 valence electrons. The minimum absolute atomic E-state index is 0.115. The highest BCUT2D eigenvalue weighted by Crippen LogP contribution is 2.16. The molecule has 0 bridgehead atoms. The van der Waals surface area contributed by atoms with E-state index in [0.717, 1.165) is 22.6 Å². The highest BCUT2D eigenvalue weighted by atomic mass is 16.5. The van der Waals surface area contributed by atoms with Crippen LogP contribution in [0.1, 0.15) is 30.2 Å². The molecule has 1 amide bonds. The Hall–Kier alpha value is -3.01. The van der Waals surface area contributed by atoms with Crippen LogP contribution in [0.2, 0.25) is 0 Å². The summed E-state index contributed by atoms with van der Waals surface area (Å²) in [6.45, 7) is 3.67. The Morgan fingerprint density at radius 2 is 1.70 bits per heavy atom. The van der Waals surface area contributed by atoms with Crippen LogP contribution in [0.4, 0.5) is 0 Å². The summed E-state index contributed by atoms with van der Waals surface area (Å²) in [4.78, 5) is 14.7. The third kappa shape index (κ3) is 5.74. The fourth-order valence-corrected chi connectivity index (χ4v) is 2.96. The van der Waals surface area contributed by atoms with Crippen LogP contribution >= 0.6 is 0 Å². The molecule has 0 fully saturated rings. The molecule has 4 nitrogen and oxygen atoms in total. The Morgan fingerprint density at radius 3 is 2.37 bits per heavy atom. The summed E-state index contributed by atoms with van der Waals surface area (Å²) in [5.41, 5.74) is 2.24. The van der Waals surface area contributed by atoms with E-state index >= 15 is 0 Å². The molecule has 3 aromatic rings. The number of ether oxygens (including phenoxy) is 1. The molecule has 3 rings (SSSR count). The number of nitrogens with zero attached hydrogens (tertiary/aromatic N) is 1. The van der Waals surface area contributed by atoms with Gasteiger partial charge in [0, 0.05) is 13.0 Å². The maximum absolute atomic E-state index is 12.9. The number of amides is 1. The minimum atomic E-state index is 0.115. The molecule has 0 aliphatic rings. The van der Waals surface area contributed by atoms with Crippen molar-refractivity contribution in [1.82, 2.24) is 4.90 Å². The molecule has 2 aromatic carbocycles. The van der Waals surface area contributed by atoms with Crippen molar-refractivity contribution in [3.8, 4) is 5.75 Å². The van der Waals surface area contributed by atoms with Gasteiger partial charge in [0.05, 0.1) is 19.4 Å². The average Bonchev–Trinajstić information content (AvgIpc) is 3.21. The molecule has 0 saturated heterocycles. The van der Waals surface area contributed by atoms with E-state index in [2.05, 4.69) is 0 Å². The minimum Gasteiger partial charge on any atom is -0.494 e. The SMILES string of the molecule is CCOc1ccc(CCC(=O)N(Cc2ccccc2)Cc2ccco2)cc1. The van der Waals surface area contributed by atoms with Crippen LogP contribution in [-0.4, -0.2) is 17.4 Å². The first-order chi connectivity index (χ1) is 13.2. The van der Waals surface area contributed by atoms with Gasteiger partial charge in [-0.15, -0.1) is 0 Å². The Labute approximate surface area is 160 Å². The van der Waals surface area contributed by atoms with Gasteiger partial charge in [0.15, 0.2) is 0 Å². The van der Waals surface area contributed by atoms with Gasteiger partial charge in [0.2, 0.25) is 5.91 Å². The number of furan rings is 1. The third-order valence-electron chi connectivity index (χ3n) is 4.36. The van der Waals surface area contributed by atoms with Crippen molar-refractivity contribution in [3.63, 3.8) is 0 Å². The Kier molecular flexibility index (Phi) is 6.69.